The van der Waals surface area contributed by atoms with Gasteiger partial charge in [0.05, 0.1) is 17.8 Å². The zero-order valence-electron chi connectivity index (χ0n) is 20.4. The highest BCUT2D eigenvalue weighted by Crippen LogP contribution is 2.39. The summed E-state index contributed by atoms with van der Waals surface area (Å²) in [6, 6.07) is 24.1. The van der Waals surface area contributed by atoms with E-state index in [4.69, 9.17) is 12.2 Å². The number of aromatic nitrogens is 2. The molecule has 1 amide bonds. The first-order valence-electron chi connectivity index (χ1n) is 12.1. The molecular weight excluding hydrogens is 466 g/mol. The van der Waals surface area contributed by atoms with Gasteiger partial charge in [-0.2, -0.15) is 0 Å². The minimum absolute atomic E-state index is 0.0339. The fourth-order valence-corrected chi connectivity index (χ4v) is 5.00. The molecular formula is C29H29N5OS. The van der Waals surface area contributed by atoms with Crippen LogP contribution in [0.25, 0.3) is 5.69 Å². The number of hydrogen-bond acceptors (Lipinski definition) is 3. The van der Waals surface area contributed by atoms with E-state index in [-0.39, 0.29) is 18.0 Å². The third-order valence-corrected chi connectivity index (χ3v) is 6.91. The molecule has 0 aliphatic carbocycles. The number of nitrogens with zero attached hydrogens (tertiary/aromatic N) is 3. The number of thiocarbonyl (C=S) groups is 1. The van der Waals surface area contributed by atoms with E-state index in [1.807, 2.05) is 68.4 Å². The van der Waals surface area contributed by atoms with E-state index in [0.717, 1.165) is 33.8 Å². The van der Waals surface area contributed by atoms with E-state index < -0.39 is 0 Å². The molecule has 3 heterocycles. The number of aryl methyl sites for hydroxylation is 2. The quantitative estimate of drug-likeness (QED) is 0.332. The minimum atomic E-state index is -0.118. The summed E-state index contributed by atoms with van der Waals surface area (Å²) in [5.41, 5.74) is 6.12. The van der Waals surface area contributed by atoms with Gasteiger partial charge in [0.25, 0.3) is 0 Å². The lowest BCUT2D eigenvalue weighted by Crippen LogP contribution is -2.32. The van der Waals surface area contributed by atoms with E-state index in [1.54, 1.807) is 6.20 Å². The molecule has 1 fully saturated rings. The number of hydrogen-bond donors (Lipinski definition) is 2. The van der Waals surface area contributed by atoms with Crippen molar-refractivity contribution in [2.45, 2.75) is 32.4 Å². The van der Waals surface area contributed by atoms with E-state index in [1.165, 1.54) is 0 Å². The predicted molar refractivity (Wildman–Crippen MR) is 147 cm³/mol. The molecule has 0 unspecified atom stereocenters. The first-order valence-corrected chi connectivity index (χ1v) is 12.5. The molecule has 7 heteroatoms. The second kappa shape index (κ2) is 10.3. The third-order valence-electron chi connectivity index (χ3n) is 6.56. The minimum Gasteiger partial charge on any atom is -0.352 e. The molecule has 1 aliphatic rings. The highest BCUT2D eigenvalue weighted by Gasteiger charge is 2.40. The monoisotopic (exact) mass is 495 g/mol. The highest BCUT2D eigenvalue weighted by atomic mass is 32.1. The van der Waals surface area contributed by atoms with Gasteiger partial charge in [-0.25, -0.2) is 0 Å². The largest absolute Gasteiger partial charge is 0.352 e. The van der Waals surface area contributed by atoms with E-state index >= 15 is 0 Å². The molecule has 2 atom stereocenters. The topological polar surface area (TPSA) is 62.2 Å². The Hall–Kier alpha value is -3.97. The molecule has 182 valence electrons. The molecule has 0 bridgehead atoms. The molecule has 2 N–H and O–H groups in total. The zero-order valence-corrected chi connectivity index (χ0v) is 21.2. The van der Waals surface area contributed by atoms with Crippen LogP contribution in [0.2, 0.25) is 0 Å². The van der Waals surface area contributed by atoms with Crippen LogP contribution in [-0.2, 0) is 4.79 Å². The Kier molecular flexibility index (Phi) is 6.82. The fraction of sp³-hybridized carbons (Fsp3) is 0.207. The van der Waals surface area contributed by atoms with Crippen LogP contribution >= 0.6 is 12.2 Å². The first-order chi connectivity index (χ1) is 17.5. The van der Waals surface area contributed by atoms with Gasteiger partial charge in [-0.3, -0.25) is 9.78 Å². The number of anilines is 1. The van der Waals surface area contributed by atoms with Crippen molar-refractivity contribution in [3.05, 3.63) is 114 Å². The number of para-hydroxylation sites is 1. The third kappa shape index (κ3) is 5.02. The van der Waals surface area contributed by atoms with Gasteiger partial charge in [0.1, 0.15) is 0 Å². The smallest absolute Gasteiger partial charge is 0.226 e. The average Bonchev–Trinajstić information content (AvgIpc) is 3.50. The average molecular weight is 496 g/mol. The van der Waals surface area contributed by atoms with E-state index in [9.17, 15) is 4.79 Å². The van der Waals surface area contributed by atoms with Gasteiger partial charge in [-0.1, -0.05) is 36.4 Å². The lowest BCUT2D eigenvalue weighted by Gasteiger charge is -2.27. The Morgan fingerprint density at radius 3 is 2.64 bits per heavy atom. The van der Waals surface area contributed by atoms with Gasteiger partial charge in [0, 0.05) is 42.9 Å². The molecule has 5 rings (SSSR count). The maximum absolute atomic E-state index is 12.9. The molecule has 2 aromatic heterocycles. The SMILES string of the molecule is Cc1ccc(C)c(NC(=O)CCN2C(=S)N[C@@H](c3ccccn3)[C@@H]2c2ccn(-c3ccccc3)c2)c1. The van der Waals surface area contributed by atoms with Gasteiger partial charge in [0.2, 0.25) is 5.91 Å². The molecule has 0 radical (unpaired) electrons. The number of pyridine rings is 1. The summed E-state index contributed by atoms with van der Waals surface area (Å²) >= 11 is 5.76. The zero-order chi connectivity index (χ0) is 25.1. The molecule has 6 nitrogen and oxygen atoms in total. The second-order valence-electron chi connectivity index (χ2n) is 9.12. The Bertz CT molecular complexity index is 1370. The van der Waals surface area contributed by atoms with Gasteiger partial charge in [-0.15, -0.1) is 0 Å². The number of benzene rings is 2. The predicted octanol–water partition coefficient (Wildman–Crippen LogP) is 5.49. The summed E-state index contributed by atoms with van der Waals surface area (Å²) in [6.45, 7) is 4.51. The highest BCUT2D eigenvalue weighted by molar-refractivity contribution is 7.80. The molecule has 4 aromatic rings. The normalized spacial score (nSPS) is 17.2. The van der Waals surface area contributed by atoms with E-state index in [0.29, 0.717) is 18.1 Å². The molecule has 1 aliphatic heterocycles. The lowest BCUT2D eigenvalue weighted by atomic mass is 9.99. The van der Waals surface area contributed by atoms with Crippen LogP contribution in [0.1, 0.15) is 40.9 Å². The van der Waals surface area contributed by atoms with Gasteiger partial charge < -0.3 is 20.1 Å². The van der Waals surface area contributed by atoms with Crippen LogP contribution in [0.3, 0.4) is 0 Å². The summed E-state index contributed by atoms with van der Waals surface area (Å²) in [6.07, 6.45) is 6.31. The van der Waals surface area contributed by atoms with Crippen molar-refractivity contribution in [3.63, 3.8) is 0 Å². The van der Waals surface area contributed by atoms with Gasteiger partial charge >= 0.3 is 0 Å². The van der Waals surface area contributed by atoms with Crippen molar-refractivity contribution in [1.29, 1.82) is 0 Å². The van der Waals surface area contributed by atoms with Crippen molar-refractivity contribution in [3.8, 4) is 5.69 Å². The lowest BCUT2D eigenvalue weighted by molar-refractivity contribution is -0.116. The summed E-state index contributed by atoms with van der Waals surface area (Å²) in [7, 11) is 0. The number of carbonyl (C=O) groups is 1. The van der Waals surface area contributed by atoms with Gasteiger partial charge in [0.15, 0.2) is 5.11 Å². The van der Waals surface area contributed by atoms with Crippen LogP contribution in [0.15, 0.2) is 91.4 Å². The fourth-order valence-electron chi connectivity index (χ4n) is 4.66. The summed E-state index contributed by atoms with van der Waals surface area (Å²) in [5, 5.41) is 7.16. The number of nitrogens with one attached hydrogen (secondary N) is 2. The van der Waals surface area contributed by atoms with Crippen molar-refractivity contribution in [1.82, 2.24) is 19.8 Å². The Morgan fingerprint density at radius 2 is 1.86 bits per heavy atom. The van der Waals surface area contributed by atoms with Crippen molar-refractivity contribution >= 4 is 28.9 Å². The van der Waals surface area contributed by atoms with Crippen LogP contribution in [0, 0.1) is 13.8 Å². The molecule has 1 saturated heterocycles. The van der Waals surface area contributed by atoms with Crippen LogP contribution < -0.4 is 10.6 Å². The Balaban J connectivity index is 1.39. The first kappa shape index (κ1) is 23.8. The Labute approximate surface area is 217 Å². The Morgan fingerprint density at radius 1 is 1.06 bits per heavy atom. The van der Waals surface area contributed by atoms with Crippen molar-refractivity contribution < 1.29 is 4.79 Å². The molecule has 2 aromatic carbocycles. The van der Waals surface area contributed by atoms with Crippen LogP contribution in [-0.4, -0.2) is 32.0 Å². The van der Waals surface area contributed by atoms with Crippen LogP contribution in [0.4, 0.5) is 5.69 Å². The molecule has 36 heavy (non-hydrogen) atoms. The van der Waals surface area contributed by atoms with Crippen molar-refractivity contribution in [2.24, 2.45) is 0 Å². The number of carbonyl (C=O) groups excluding carboxylic acids is 1. The summed E-state index contributed by atoms with van der Waals surface area (Å²) < 4.78 is 2.11. The van der Waals surface area contributed by atoms with Crippen LogP contribution in [0.5, 0.6) is 0 Å². The summed E-state index contributed by atoms with van der Waals surface area (Å²) in [4.78, 5) is 19.6. The maximum atomic E-state index is 12.9. The number of amides is 1. The molecule has 0 spiro atoms. The second-order valence-corrected chi connectivity index (χ2v) is 9.51. The number of rotatable bonds is 7. The van der Waals surface area contributed by atoms with Crippen molar-refractivity contribution in [2.75, 3.05) is 11.9 Å². The van der Waals surface area contributed by atoms with Gasteiger partial charge in [-0.05, 0) is 79.2 Å². The molecule has 0 saturated carbocycles. The summed E-state index contributed by atoms with van der Waals surface area (Å²) in [5.74, 6) is -0.0339. The maximum Gasteiger partial charge on any atom is 0.226 e. The standard InChI is InChI=1S/C29H29N5OS/c1-20-11-12-21(2)25(18-20)31-26(35)14-17-34-28(27(32-29(34)36)24-10-6-7-15-30-24)22-13-16-33(19-22)23-8-4-3-5-9-23/h3-13,15-16,18-19,27-28H,14,17H2,1-2H3,(H,31,35)(H,32,36)/t27-,28-/m0/s1. The van der Waals surface area contributed by atoms with E-state index in [2.05, 4.69) is 55.7 Å².